The van der Waals surface area contributed by atoms with Crippen LogP contribution >= 0.6 is 0 Å². The standard InChI is InChI=1S/C12H18N2O2/c1-4-13-7-10(3)14-8-11(9-14)6-12(15)16-5-2/h4,7,11H,1,3,5-6,8-9H2,2H3. The number of esters is 1. The molecule has 0 unspecified atom stereocenters. The molecule has 16 heavy (non-hydrogen) atoms. The van der Waals surface area contributed by atoms with E-state index >= 15 is 0 Å². The minimum atomic E-state index is -0.113. The molecule has 88 valence electrons. The van der Waals surface area contributed by atoms with Crippen molar-refractivity contribution in [1.82, 2.24) is 4.90 Å². The molecule has 0 bridgehead atoms. The van der Waals surface area contributed by atoms with Crippen molar-refractivity contribution < 1.29 is 9.53 Å². The summed E-state index contributed by atoms with van der Waals surface area (Å²) < 4.78 is 4.89. The van der Waals surface area contributed by atoms with Crippen LogP contribution in [0.25, 0.3) is 0 Å². The molecule has 0 aromatic carbocycles. The zero-order valence-electron chi connectivity index (χ0n) is 9.69. The van der Waals surface area contributed by atoms with E-state index in [-0.39, 0.29) is 5.97 Å². The second-order valence-corrected chi connectivity index (χ2v) is 3.73. The average Bonchev–Trinajstić information content (AvgIpc) is 2.19. The molecule has 1 fully saturated rings. The van der Waals surface area contributed by atoms with Crippen molar-refractivity contribution in [3.8, 4) is 0 Å². The number of nitrogens with zero attached hydrogens (tertiary/aromatic N) is 2. The van der Waals surface area contributed by atoms with Gasteiger partial charge in [0, 0.05) is 37.1 Å². The van der Waals surface area contributed by atoms with Gasteiger partial charge < -0.3 is 9.64 Å². The van der Waals surface area contributed by atoms with Crippen LogP contribution in [-0.2, 0) is 9.53 Å². The van der Waals surface area contributed by atoms with Crippen molar-refractivity contribution in [2.24, 2.45) is 10.9 Å². The largest absolute Gasteiger partial charge is 0.466 e. The molecule has 0 aromatic heterocycles. The predicted molar refractivity (Wildman–Crippen MR) is 64.1 cm³/mol. The number of allylic oxidation sites excluding steroid dienone is 1. The molecule has 0 atom stereocenters. The molecule has 0 saturated carbocycles. The van der Waals surface area contributed by atoms with E-state index in [9.17, 15) is 4.79 Å². The lowest BCUT2D eigenvalue weighted by Crippen LogP contribution is -2.46. The Kier molecular flexibility index (Phi) is 4.76. The lowest BCUT2D eigenvalue weighted by molar-refractivity contribution is -0.145. The van der Waals surface area contributed by atoms with E-state index in [1.165, 1.54) is 6.20 Å². The van der Waals surface area contributed by atoms with Gasteiger partial charge in [0.1, 0.15) is 0 Å². The van der Waals surface area contributed by atoms with Crippen LogP contribution in [-0.4, -0.2) is 36.8 Å². The van der Waals surface area contributed by atoms with E-state index in [1.54, 1.807) is 6.21 Å². The first-order valence-electron chi connectivity index (χ1n) is 5.41. The van der Waals surface area contributed by atoms with Gasteiger partial charge in [0.2, 0.25) is 0 Å². The fourth-order valence-corrected chi connectivity index (χ4v) is 1.61. The fourth-order valence-electron chi connectivity index (χ4n) is 1.61. The van der Waals surface area contributed by atoms with Gasteiger partial charge in [-0.15, -0.1) is 0 Å². The molecule has 0 aliphatic carbocycles. The Morgan fingerprint density at radius 2 is 2.31 bits per heavy atom. The molecule has 1 rings (SSSR count). The highest BCUT2D eigenvalue weighted by molar-refractivity contribution is 5.77. The molecular weight excluding hydrogens is 204 g/mol. The first-order valence-corrected chi connectivity index (χ1v) is 5.41. The van der Waals surface area contributed by atoms with Crippen molar-refractivity contribution in [1.29, 1.82) is 0 Å². The molecule has 0 N–H and O–H groups in total. The first kappa shape index (κ1) is 12.5. The van der Waals surface area contributed by atoms with Crippen LogP contribution in [0.5, 0.6) is 0 Å². The highest BCUT2D eigenvalue weighted by Crippen LogP contribution is 2.22. The third-order valence-corrected chi connectivity index (χ3v) is 2.45. The van der Waals surface area contributed by atoms with Crippen LogP contribution in [0.2, 0.25) is 0 Å². The van der Waals surface area contributed by atoms with Gasteiger partial charge in [-0.25, -0.2) is 0 Å². The SMILES string of the molecule is C=CN=CC(=C)N1CC(CC(=O)OCC)C1. The Hall–Kier alpha value is -1.58. The Balaban J connectivity index is 2.22. The third kappa shape index (κ3) is 3.53. The minimum absolute atomic E-state index is 0.113. The molecule has 4 heteroatoms. The van der Waals surface area contributed by atoms with E-state index in [2.05, 4.69) is 23.1 Å². The van der Waals surface area contributed by atoms with E-state index < -0.39 is 0 Å². The van der Waals surface area contributed by atoms with E-state index in [1.807, 2.05) is 6.92 Å². The van der Waals surface area contributed by atoms with E-state index in [0.29, 0.717) is 18.9 Å². The van der Waals surface area contributed by atoms with E-state index in [4.69, 9.17) is 4.74 Å². The maximum atomic E-state index is 11.2. The van der Waals surface area contributed by atoms with Gasteiger partial charge in [-0.1, -0.05) is 13.2 Å². The van der Waals surface area contributed by atoms with E-state index in [0.717, 1.165) is 18.8 Å². The molecule has 4 nitrogen and oxygen atoms in total. The highest BCUT2D eigenvalue weighted by atomic mass is 16.5. The Morgan fingerprint density at radius 1 is 1.62 bits per heavy atom. The van der Waals surface area contributed by atoms with Gasteiger partial charge in [-0.2, -0.15) is 0 Å². The molecular formula is C12H18N2O2. The van der Waals surface area contributed by atoms with Gasteiger partial charge in [-0.05, 0) is 6.92 Å². The number of rotatable bonds is 6. The van der Waals surface area contributed by atoms with Gasteiger partial charge in [0.15, 0.2) is 0 Å². The van der Waals surface area contributed by atoms with Crippen LogP contribution in [0.3, 0.4) is 0 Å². The summed E-state index contributed by atoms with van der Waals surface area (Å²) >= 11 is 0. The zero-order chi connectivity index (χ0) is 12.0. The third-order valence-electron chi connectivity index (χ3n) is 2.45. The summed E-state index contributed by atoms with van der Waals surface area (Å²) in [4.78, 5) is 17.2. The maximum absolute atomic E-state index is 11.2. The molecule has 1 aliphatic rings. The maximum Gasteiger partial charge on any atom is 0.306 e. The lowest BCUT2D eigenvalue weighted by atomic mass is 9.96. The van der Waals surface area contributed by atoms with Crippen molar-refractivity contribution >= 4 is 12.2 Å². The number of hydrogen-bond acceptors (Lipinski definition) is 4. The van der Waals surface area contributed by atoms with Crippen LogP contribution in [0, 0.1) is 5.92 Å². The molecule has 0 aromatic rings. The van der Waals surface area contributed by atoms with Gasteiger partial charge >= 0.3 is 5.97 Å². The average molecular weight is 222 g/mol. The van der Waals surface area contributed by atoms with Crippen LogP contribution < -0.4 is 0 Å². The number of ether oxygens (including phenoxy) is 1. The van der Waals surface area contributed by atoms with Crippen LogP contribution in [0.1, 0.15) is 13.3 Å². The van der Waals surface area contributed by atoms with Crippen molar-refractivity contribution in [3.63, 3.8) is 0 Å². The molecule has 0 amide bonds. The number of carbonyl (C=O) groups excluding carboxylic acids is 1. The molecule has 0 radical (unpaired) electrons. The predicted octanol–water partition coefficient (Wildman–Crippen LogP) is 1.60. The van der Waals surface area contributed by atoms with Crippen LogP contribution in [0.15, 0.2) is 30.0 Å². The Bertz CT molecular complexity index is 304. The monoisotopic (exact) mass is 222 g/mol. The number of carbonyl (C=O) groups is 1. The molecule has 1 heterocycles. The smallest absolute Gasteiger partial charge is 0.306 e. The normalized spacial score (nSPS) is 15.9. The minimum Gasteiger partial charge on any atom is -0.466 e. The van der Waals surface area contributed by atoms with Gasteiger partial charge in [0.05, 0.1) is 13.0 Å². The second-order valence-electron chi connectivity index (χ2n) is 3.73. The van der Waals surface area contributed by atoms with Gasteiger partial charge in [-0.3, -0.25) is 9.79 Å². The highest BCUT2D eigenvalue weighted by Gasteiger charge is 2.29. The topological polar surface area (TPSA) is 41.9 Å². The van der Waals surface area contributed by atoms with Crippen molar-refractivity contribution in [2.75, 3.05) is 19.7 Å². The Morgan fingerprint density at radius 3 is 2.88 bits per heavy atom. The number of hydrogen-bond donors (Lipinski definition) is 0. The molecule has 1 aliphatic heterocycles. The number of likely N-dealkylation sites (tertiary alicyclic amines) is 1. The summed E-state index contributed by atoms with van der Waals surface area (Å²) in [5.41, 5.74) is 0.861. The van der Waals surface area contributed by atoms with Crippen molar-refractivity contribution in [2.45, 2.75) is 13.3 Å². The van der Waals surface area contributed by atoms with Crippen molar-refractivity contribution in [3.05, 3.63) is 25.1 Å². The zero-order valence-corrected chi connectivity index (χ0v) is 9.69. The lowest BCUT2D eigenvalue weighted by Gasteiger charge is -2.40. The fraction of sp³-hybridized carbons (Fsp3) is 0.500. The summed E-state index contributed by atoms with van der Waals surface area (Å²) in [5, 5.41) is 0. The summed E-state index contributed by atoms with van der Waals surface area (Å²) in [6.45, 7) is 11.3. The van der Waals surface area contributed by atoms with Gasteiger partial charge in [0.25, 0.3) is 0 Å². The summed E-state index contributed by atoms with van der Waals surface area (Å²) in [6, 6.07) is 0. The second kappa shape index (κ2) is 6.10. The molecule has 1 saturated heterocycles. The Labute approximate surface area is 96.3 Å². The van der Waals surface area contributed by atoms with Crippen LogP contribution in [0.4, 0.5) is 0 Å². The summed E-state index contributed by atoms with van der Waals surface area (Å²) in [6.07, 6.45) is 3.64. The summed E-state index contributed by atoms with van der Waals surface area (Å²) in [7, 11) is 0. The number of aliphatic imine (C=N–C) groups is 1. The quantitative estimate of drug-likeness (QED) is 0.506. The first-order chi connectivity index (χ1) is 7.67. The molecule has 0 spiro atoms. The summed E-state index contributed by atoms with van der Waals surface area (Å²) in [5.74, 6) is 0.269.